The van der Waals surface area contributed by atoms with E-state index in [1.807, 2.05) is 30.8 Å². The number of aryl methyl sites for hydroxylation is 1. The molecule has 0 saturated carbocycles. The molecule has 140 valence electrons. The van der Waals surface area contributed by atoms with Crippen molar-refractivity contribution in [1.82, 2.24) is 30.2 Å². The summed E-state index contributed by atoms with van der Waals surface area (Å²) in [6.45, 7) is 8.32. The summed E-state index contributed by atoms with van der Waals surface area (Å²) >= 11 is 0. The number of likely N-dealkylation sites (N-methyl/N-ethyl adjacent to an activating group) is 1. The minimum Gasteiger partial charge on any atom is -0.330 e. The predicted octanol–water partition coefficient (Wildman–Crippen LogP) is 3.32. The molecular formula is C18H25ClN6O. The second kappa shape index (κ2) is 8.42. The van der Waals surface area contributed by atoms with Crippen LogP contribution >= 0.6 is 12.4 Å². The van der Waals surface area contributed by atoms with Gasteiger partial charge in [0.05, 0.1) is 5.69 Å². The zero-order valence-electron chi connectivity index (χ0n) is 15.7. The zero-order chi connectivity index (χ0) is 18.0. The van der Waals surface area contributed by atoms with Crippen LogP contribution in [-0.2, 0) is 6.42 Å². The first-order valence-corrected chi connectivity index (χ1v) is 8.52. The fraction of sp³-hybridized carbons (Fsp3) is 0.444. The maximum Gasteiger partial charge on any atom is 0.297 e. The molecule has 0 spiro atoms. The third-order valence-corrected chi connectivity index (χ3v) is 4.20. The second-order valence-electron chi connectivity index (χ2n) is 6.52. The molecule has 0 amide bonds. The van der Waals surface area contributed by atoms with Crippen molar-refractivity contribution in [3.05, 3.63) is 41.5 Å². The van der Waals surface area contributed by atoms with Crippen molar-refractivity contribution in [2.24, 2.45) is 0 Å². The van der Waals surface area contributed by atoms with Crippen molar-refractivity contribution in [2.75, 3.05) is 7.05 Å². The Hall–Kier alpha value is -2.25. The van der Waals surface area contributed by atoms with Gasteiger partial charge in [0.1, 0.15) is 5.82 Å². The molecule has 2 heterocycles. The van der Waals surface area contributed by atoms with Crippen molar-refractivity contribution in [3.8, 4) is 17.4 Å². The summed E-state index contributed by atoms with van der Waals surface area (Å²) in [5, 5.41) is 11.8. The molecule has 1 aromatic carbocycles. The fourth-order valence-corrected chi connectivity index (χ4v) is 2.68. The maximum atomic E-state index is 5.35. The Morgan fingerprint density at radius 3 is 2.58 bits per heavy atom. The van der Waals surface area contributed by atoms with Crippen LogP contribution in [0.1, 0.15) is 43.9 Å². The van der Waals surface area contributed by atoms with Gasteiger partial charge in [-0.05, 0) is 38.4 Å². The lowest BCUT2D eigenvalue weighted by Crippen LogP contribution is -2.24. The van der Waals surface area contributed by atoms with Crippen molar-refractivity contribution in [3.63, 3.8) is 0 Å². The highest BCUT2D eigenvalue weighted by Crippen LogP contribution is 2.24. The van der Waals surface area contributed by atoms with Crippen LogP contribution in [0.4, 0.5) is 0 Å². The fourth-order valence-electron chi connectivity index (χ4n) is 2.68. The lowest BCUT2D eigenvalue weighted by molar-refractivity contribution is 0.415. The SMILES string of the molecule is CNC(C)Cc1noc(-c2nc(C)n(-c3ccccc3C(C)C)n2)n1.Cl. The largest absolute Gasteiger partial charge is 0.330 e. The zero-order valence-corrected chi connectivity index (χ0v) is 16.5. The number of nitrogens with one attached hydrogen (secondary N) is 1. The van der Waals surface area contributed by atoms with Crippen LogP contribution in [0.15, 0.2) is 28.8 Å². The number of nitrogens with zero attached hydrogens (tertiary/aromatic N) is 5. The van der Waals surface area contributed by atoms with E-state index in [0.717, 1.165) is 11.5 Å². The molecule has 26 heavy (non-hydrogen) atoms. The third kappa shape index (κ3) is 4.11. The molecule has 0 aliphatic heterocycles. The van der Waals surface area contributed by atoms with Crippen LogP contribution in [0.2, 0.25) is 0 Å². The highest BCUT2D eigenvalue weighted by molar-refractivity contribution is 5.85. The van der Waals surface area contributed by atoms with Crippen molar-refractivity contribution in [2.45, 2.75) is 46.1 Å². The Morgan fingerprint density at radius 2 is 1.88 bits per heavy atom. The Balaban J connectivity index is 0.00000243. The molecule has 0 fully saturated rings. The topological polar surface area (TPSA) is 81.7 Å². The standard InChI is InChI=1S/C18H24N6O.ClH/c1-11(2)14-8-6-7-9-15(14)24-13(4)20-17(22-24)18-21-16(23-25-18)10-12(3)19-5;/h6-9,11-12,19H,10H2,1-5H3;1H. The van der Waals surface area contributed by atoms with Gasteiger partial charge in [-0.15, -0.1) is 17.5 Å². The van der Waals surface area contributed by atoms with Gasteiger partial charge < -0.3 is 9.84 Å². The monoisotopic (exact) mass is 376 g/mol. The average Bonchev–Trinajstić information content (AvgIpc) is 3.21. The van der Waals surface area contributed by atoms with Crippen LogP contribution in [0.3, 0.4) is 0 Å². The normalized spacial score (nSPS) is 12.2. The quantitative estimate of drug-likeness (QED) is 0.710. The van der Waals surface area contributed by atoms with Crippen molar-refractivity contribution >= 4 is 12.4 Å². The summed E-state index contributed by atoms with van der Waals surface area (Å²) in [6, 6.07) is 8.49. The molecule has 1 unspecified atom stereocenters. The van der Waals surface area contributed by atoms with Gasteiger partial charge in [-0.3, -0.25) is 0 Å². The van der Waals surface area contributed by atoms with E-state index in [1.165, 1.54) is 5.56 Å². The maximum absolute atomic E-state index is 5.35. The van der Waals surface area contributed by atoms with Gasteiger partial charge in [0.2, 0.25) is 5.82 Å². The molecule has 7 nitrogen and oxygen atoms in total. The Bertz CT molecular complexity index is 857. The number of hydrogen-bond donors (Lipinski definition) is 1. The summed E-state index contributed by atoms with van der Waals surface area (Å²) in [7, 11) is 1.91. The molecule has 2 aromatic heterocycles. The van der Waals surface area contributed by atoms with Gasteiger partial charge in [-0.1, -0.05) is 37.2 Å². The molecule has 0 aliphatic carbocycles. The van der Waals surface area contributed by atoms with E-state index in [1.54, 1.807) is 0 Å². The lowest BCUT2D eigenvalue weighted by Gasteiger charge is -2.12. The second-order valence-corrected chi connectivity index (χ2v) is 6.52. The van der Waals surface area contributed by atoms with E-state index in [2.05, 4.69) is 58.4 Å². The first-order valence-electron chi connectivity index (χ1n) is 8.52. The number of halogens is 1. The Morgan fingerprint density at radius 1 is 1.15 bits per heavy atom. The Labute approximate surface area is 159 Å². The number of benzene rings is 1. The first-order chi connectivity index (χ1) is 12.0. The Kier molecular flexibility index (Phi) is 6.50. The van der Waals surface area contributed by atoms with Crippen LogP contribution in [-0.4, -0.2) is 38.0 Å². The number of hydrogen-bond acceptors (Lipinski definition) is 6. The minimum absolute atomic E-state index is 0. The van der Waals surface area contributed by atoms with E-state index in [0.29, 0.717) is 29.9 Å². The van der Waals surface area contributed by atoms with Crippen LogP contribution < -0.4 is 5.32 Å². The lowest BCUT2D eigenvalue weighted by atomic mass is 10.0. The molecule has 0 bridgehead atoms. The van der Waals surface area contributed by atoms with E-state index in [-0.39, 0.29) is 18.4 Å². The van der Waals surface area contributed by atoms with Gasteiger partial charge in [-0.2, -0.15) is 4.98 Å². The molecular weight excluding hydrogens is 352 g/mol. The molecule has 8 heteroatoms. The molecule has 3 aromatic rings. The predicted molar refractivity (Wildman–Crippen MR) is 103 cm³/mol. The number of rotatable bonds is 6. The van der Waals surface area contributed by atoms with Crippen molar-refractivity contribution < 1.29 is 4.52 Å². The third-order valence-electron chi connectivity index (χ3n) is 4.20. The van der Waals surface area contributed by atoms with E-state index in [4.69, 9.17) is 4.52 Å². The van der Waals surface area contributed by atoms with Gasteiger partial charge in [0, 0.05) is 12.5 Å². The molecule has 0 radical (unpaired) electrons. The molecule has 0 aliphatic rings. The van der Waals surface area contributed by atoms with E-state index >= 15 is 0 Å². The van der Waals surface area contributed by atoms with Gasteiger partial charge in [-0.25, -0.2) is 9.67 Å². The minimum atomic E-state index is 0. The molecule has 3 rings (SSSR count). The van der Waals surface area contributed by atoms with Crippen LogP contribution in [0.5, 0.6) is 0 Å². The summed E-state index contributed by atoms with van der Waals surface area (Å²) in [4.78, 5) is 8.93. The molecule has 1 N–H and O–H groups in total. The number of aromatic nitrogens is 5. The summed E-state index contributed by atoms with van der Waals surface area (Å²) in [5.41, 5.74) is 2.24. The first kappa shape index (κ1) is 20.1. The highest BCUT2D eigenvalue weighted by Gasteiger charge is 2.19. The summed E-state index contributed by atoms with van der Waals surface area (Å²) < 4.78 is 7.19. The van der Waals surface area contributed by atoms with Crippen molar-refractivity contribution in [1.29, 1.82) is 0 Å². The summed E-state index contributed by atoms with van der Waals surface area (Å²) in [6.07, 6.45) is 0.690. The smallest absolute Gasteiger partial charge is 0.297 e. The van der Waals surface area contributed by atoms with E-state index in [9.17, 15) is 0 Å². The van der Waals surface area contributed by atoms with Crippen LogP contribution in [0.25, 0.3) is 17.4 Å². The molecule has 0 saturated heterocycles. The van der Waals surface area contributed by atoms with Gasteiger partial charge >= 0.3 is 0 Å². The van der Waals surface area contributed by atoms with Gasteiger partial charge in [0.25, 0.3) is 5.89 Å². The molecule has 1 atom stereocenters. The van der Waals surface area contributed by atoms with Crippen LogP contribution in [0, 0.1) is 6.92 Å². The highest BCUT2D eigenvalue weighted by atomic mass is 35.5. The average molecular weight is 377 g/mol. The number of para-hydroxylation sites is 1. The summed E-state index contributed by atoms with van der Waals surface area (Å²) in [5.74, 6) is 2.62. The van der Waals surface area contributed by atoms with Gasteiger partial charge in [0.15, 0.2) is 5.82 Å². The van der Waals surface area contributed by atoms with E-state index < -0.39 is 0 Å².